The number of fused-ring (bicyclic) bond motifs is 1. The van der Waals surface area contributed by atoms with Crippen LogP contribution >= 0.6 is 11.8 Å². The highest BCUT2D eigenvalue weighted by molar-refractivity contribution is 7.99. The molecular weight excluding hydrogens is 388 g/mol. The quantitative estimate of drug-likeness (QED) is 0.414. The summed E-state index contributed by atoms with van der Waals surface area (Å²) < 4.78 is 12.5. The SMILES string of the molecule is CCN(CC)C(=O)CSc1cc(C)nc2c(-c3ccc(OC)c(OC)c3)cnn12. The molecule has 0 unspecified atom stereocenters. The number of rotatable bonds is 8. The van der Waals surface area contributed by atoms with Gasteiger partial charge in [0.25, 0.3) is 0 Å². The summed E-state index contributed by atoms with van der Waals surface area (Å²) >= 11 is 1.48. The molecule has 0 fully saturated rings. The normalized spacial score (nSPS) is 10.9. The molecule has 3 aromatic rings. The summed E-state index contributed by atoms with van der Waals surface area (Å²) in [5.41, 5.74) is 3.45. The first-order valence-electron chi connectivity index (χ1n) is 9.50. The van der Waals surface area contributed by atoms with Gasteiger partial charge >= 0.3 is 0 Å². The molecule has 0 radical (unpaired) electrons. The molecule has 0 aliphatic carbocycles. The predicted octanol–water partition coefficient (Wildman–Crippen LogP) is 3.68. The number of amides is 1. The number of hydrogen-bond acceptors (Lipinski definition) is 6. The standard InChI is InChI=1S/C21H26N4O3S/c1-6-24(7-2)19(26)13-29-20-10-14(3)23-21-16(12-22-25(20)21)15-8-9-17(27-4)18(11-15)28-5/h8-12H,6-7,13H2,1-5H3. The summed E-state index contributed by atoms with van der Waals surface area (Å²) in [6.07, 6.45) is 1.79. The monoisotopic (exact) mass is 414 g/mol. The molecule has 0 N–H and O–H groups in total. The molecule has 1 aromatic carbocycles. The third-order valence-corrected chi connectivity index (χ3v) is 5.70. The van der Waals surface area contributed by atoms with Crippen LogP contribution in [0.4, 0.5) is 0 Å². The smallest absolute Gasteiger partial charge is 0.232 e. The molecule has 0 spiro atoms. The minimum absolute atomic E-state index is 0.120. The fourth-order valence-corrected chi connectivity index (χ4v) is 4.13. The van der Waals surface area contributed by atoms with Crippen molar-refractivity contribution < 1.29 is 14.3 Å². The van der Waals surface area contributed by atoms with E-state index in [0.29, 0.717) is 30.3 Å². The van der Waals surface area contributed by atoms with Crippen molar-refractivity contribution in [3.63, 3.8) is 0 Å². The number of ether oxygens (including phenoxy) is 2. The van der Waals surface area contributed by atoms with Crippen LogP contribution in [0.25, 0.3) is 16.8 Å². The van der Waals surface area contributed by atoms with E-state index >= 15 is 0 Å². The van der Waals surface area contributed by atoms with E-state index in [1.807, 2.05) is 49.9 Å². The summed E-state index contributed by atoms with van der Waals surface area (Å²) in [5.74, 6) is 1.81. The van der Waals surface area contributed by atoms with E-state index < -0.39 is 0 Å². The van der Waals surface area contributed by atoms with E-state index in [2.05, 4.69) is 10.1 Å². The van der Waals surface area contributed by atoms with Crippen molar-refractivity contribution in [2.24, 2.45) is 0 Å². The van der Waals surface area contributed by atoms with Crippen molar-refractivity contribution >= 4 is 23.3 Å². The van der Waals surface area contributed by atoms with Crippen molar-refractivity contribution in [3.05, 3.63) is 36.2 Å². The first-order valence-corrected chi connectivity index (χ1v) is 10.5. The number of aromatic nitrogens is 3. The Kier molecular flexibility index (Phi) is 6.64. The number of benzene rings is 1. The van der Waals surface area contributed by atoms with E-state index in [1.165, 1.54) is 11.8 Å². The van der Waals surface area contributed by atoms with Gasteiger partial charge in [-0.25, -0.2) is 9.50 Å². The van der Waals surface area contributed by atoms with Crippen molar-refractivity contribution in [3.8, 4) is 22.6 Å². The molecular formula is C21H26N4O3S. The van der Waals surface area contributed by atoms with Gasteiger partial charge in [-0.15, -0.1) is 0 Å². The topological polar surface area (TPSA) is 69.0 Å². The van der Waals surface area contributed by atoms with Gasteiger partial charge in [0.1, 0.15) is 5.03 Å². The molecule has 7 nitrogen and oxygen atoms in total. The van der Waals surface area contributed by atoms with Gasteiger partial charge in [-0.05, 0) is 44.5 Å². The second kappa shape index (κ2) is 9.17. The lowest BCUT2D eigenvalue weighted by Crippen LogP contribution is -2.31. The van der Waals surface area contributed by atoms with Crippen molar-refractivity contribution in [1.82, 2.24) is 19.5 Å². The van der Waals surface area contributed by atoms with Crippen LogP contribution in [0.1, 0.15) is 19.5 Å². The number of carbonyl (C=O) groups excluding carboxylic acids is 1. The van der Waals surface area contributed by atoms with E-state index in [4.69, 9.17) is 9.47 Å². The molecule has 154 valence electrons. The van der Waals surface area contributed by atoms with Crippen LogP contribution in [0, 0.1) is 6.92 Å². The zero-order valence-corrected chi connectivity index (χ0v) is 18.2. The van der Waals surface area contributed by atoms with Gasteiger partial charge in [0.05, 0.1) is 26.2 Å². The molecule has 0 saturated carbocycles. The largest absolute Gasteiger partial charge is 0.493 e. The second-order valence-electron chi connectivity index (χ2n) is 6.45. The molecule has 8 heteroatoms. The average Bonchev–Trinajstić information content (AvgIpc) is 3.16. The number of methoxy groups -OCH3 is 2. The van der Waals surface area contributed by atoms with E-state index in [1.54, 1.807) is 24.9 Å². The minimum atomic E-state index is 0.120. The highest BCUT2D eigenvalue weighted by Gasteiger charge is 2.16. The molecule has 0 saturated heterocycles. The summed E-state index contributed by atoms with van der Waals surface area (Å²) in [6, 6.07) is 7.69. The number of thioether (sulfide) groups is 1. The zero-order valence-electron chi connectivity index (χ0n) is 17.4. The Morgan fingerprint density at radius 1 is 1.14 bits per heavy atom. The van der Waals surface area contributed by atoms with Gasteiger partial charge in [0.15, 0.2) is 17.1 Å². The molecule has 0 aliphatic heterocycles. The molecule has 29 heavy (non-hydrogen) atoms. The van der Waals surface area contributed by atoms with Crippen LogP contribution < -0.4 is 9.47 Å². The molecule has 0 aliphatic rings. The fraction of sp³-hybridized carbons (Fsp3) is 0.381. The van der Waals surface area contributed by atoms with Crippen molar-refractivity contribution in [2.75, 3.05) is 33.1 Å². The Balaban J connectivity index is 1.96. The molecule has 1 amide bonds. The van der Waals surface area contributed by atoms with Gasteiger partial charge in [0.2, 0.25) is 5.91 Å². The van der Waals surface area contributed by atoms with Gasteiger partial charge < -0.3 is 14.4 Å². The number of nitrogens with zero attached hydrogens (tertiary/aromatic N) is 4. The first kappa shape index (κ1) is 21.0. The summed E-state index contributed by atoms with van der Waals surface area (Å²) in [6.45, 7) is 7.35. The Morgan fingerprint density at radius 3 is 2.52 bits per heavy atom. The summed E-state index contributed by atoms with van der Waals surface area (Å²) in [4.78, 5) is 18.9. The maximum absolute atomic E-state index is 12.4. The fourth-order valence-electron chi connectivity index (χ4n) is 3.16. The third kappa shape index (κ3) is 4.32. The lowest BCUT2D eigenvalue weighted by Gasteiger charge is -2.18. The highest BCUT2D eigenvalue weighted by atomic mass is 32.2. The zero-order chi connectivity index (χ0) is 21.0. The van der Waals surface area contributed by atoms with Crippen LogP contribution in [-0.2, 0) is 4.79 Å². The number of aryl methyl sites for hydroxylation is 1. The minimum Gasteiger partial charge on any atom is -0.493 e. The van der Waals surface area contributed by atoms with E-state index in [-0.39, 0.29) is 5.91 Å². The first-order chi connectivity index (χ1) is 14.0. The van der Waals surface area contributed by atoms with Crippen LogP contribution in [0.15, 0.2) is 35.5 Å². The van der Waals surface area contributed by atoms with Crippen molar-refractivity contribution in [1.29, 1.82) is 0 Å². The Bertz CT molecular complexity index is 1010. The Morgan fingerprint density at radius 2 is 1.86 bits per heavy atom. The lowest BCUT2D eigenvalue weighted by atomic mass is 10.1. The van der Waals surface area contributed by atoms with Crippen LogP contribution in [0.3, 0.4) is 0 Å². The third-order valence-electron chi connectivity index (χ3n) is 4.72. The molecule has 0 atom stereocenters. The van der Waals surface area contributed by atoms with Crippen LogP contribution in [0.2, 0.25) is 0 Å². The molecule has 0 bridgehead atoms. The number of carbonyl (C=O) groups is 1. The molecule has 3 rings (SSSR count). The number of hydrogen-bond donors (Lipinski definition) is 0. The maximum atomic E-state index is 12.4. The van der Waals surface area contributed by atoms with Gasteiger partial charge in [-0.1, -0.05) is 17.8 Å². The van der Waals surface area contributed by atoms with Gasteiger partial charge in [-0.2, -0.15) is 5.10 Å². The highest BCUT2D eigenvalue weighted by Crippen LogP contribution is 2.34. The maximum Gasteiger partial charge on any atom is 0.232 e. The Labute approximate surface area is 175 Å². The van der Waals surface area contributed by atoms with Gasteiger partial charge in [-0.3, -0.25) is 4.79 Å². The van der Waals surface area contributed by atoms with E-state index in [0.717, 1.165) is 27.5 Å². The second-order valence-corrected chi connectivity index (χ2v) is 7.45. The summed E-state index contributed by atoms with van der Waals surface area (Å²) in [5, 5.41) is 5.42. The van der Waals surface area contributed by atoms with Gasteiger partial charge in [0, 0.05) is 24.3 Å². The Hall–Kier alpha value is -2.74. The predicted molar refractivity (Wildman–Crippen MR) is 115 cm³/mol. The lowest BCUT2D eigenvalue weighted by molar-refractivity contribution is -0.127. The summed E-state index contributed by atoms with van der Waals surface area (Å²) in [7, 11) is 3.22. The van der Waals surface area contributed by atoms with E-state index in [9.17, 15) is 4.79 Å². The van der Waals surface area contributed by atoms with Crippen molar-refractivity contribution in [2.45, 2.75) is 25.8 Å². The molecule has 2 aromatic heterocycles. The van der Waals surface area contributed by atoms with Crippen LogP contribution in [0.5, 0.6) is 11.5 Å². The van der Waals surface area contributed by atoms with Crippen LogP contribution in [-0.4, -0.2) is 58.5 Å². The average molecular weight is 415 g/mol. The molecule has 2 heterocycles.